The lowest BCUT2D eigenvalue weighted by atomic mass is 10.2. The molecule has 0 unspecified atom stereocenters. The molecule has 0 amide bonds. The number of nitrogens with one attached hydrogen (secondary N) is 1. The van der Waals surface area contributed by atoms with E-state index in [4.69, 9.17) is 0 Å². The highest BCUT2D eigenvalue weighted by molar-refractivity contribution is 5.74. The average Bonchev–Trinajstić information content (AvgIpc) is 2.95. The highest BCUT2D eigenvalue weighted by Crippen LogP contribution is 2.19. The summed E-state index contributed by atoms with van der Waals surface area (Å²) in [7, 11) is 0. The zero-order valence-corrected chi connectivity index (χ0v) is 12.2. The van der Waals surface area contributed by atoms with Crippen molar-refractivity contribution in [2.75, 3.05) is 0 Å². The number of para-hydroxylation sites is 2. The van der Waals surface area contributed by atoms with E-state index in [2.05, 4.69) is 88.4 Å². The molecule has 22 heavy (non-hydrogen) atoms. The number of aromatic amines is 1. The Balaban J connectivity index is 1.91. The van der Waals surface area contributed by atoms with Crippen molar-refractivity contribution in [3.63, 3.8) is 0 Å². The minimum Gasteiger partial charge on any atom is -0.236 e. The van der Waals surface area contributed by atoms with E-state index in [0.29, 0.717) is 0 Å². The van der Waals surface area contributed by atoms with Gasteiger partial charge in [0.2, 0.25) is 0 Å². The van der Waals surface area contributed by atoms with Crippen molar-refractivity contribution < 1.29 is 4.57 Å². The van der Waals surface area contributed by atoms with E-state index >= 15 is 0 Å². The fourth-order valence-electron chi connectivity index (χ4n) is 2.88. The van der Waals surface area contributed by atoms with Crippen molar-refractivity contribution >= 4 is 11.0 Å². The molecule has 3 aromatic carbocycles. The van der Waals surface area contributed by atoms with Crippen LogP contribution in [0.5, 0.6) is 0 Å². The minimum absolute atomic E-state index is 0.856. The third kappa shape index (κ3) is 2.29. The predicted molar refractivity (Wildman–Crippen MR) is 89.5 cm³/mol. The second kappa shape index (κ2) is 5.49. The van der Waals surface area contributed by atoms with Crippen LogP contribution < -0.4 is 4.57 Å². The number of imidazole rings is 1. The molecule has 0 saturated carbocycles. The molecule has 2 heteroatoms. The molecule has 1 aromatic heterocycles. The zero-order valence-electron chi connectivity index (χ0n) is 12.2. The number of H-pyrrole nitrogens is 1. The van der Waals surface area contributed by atoms with E-state index in [1.165, 1.54) is 16.6 Å². The summed E-state index contributed by atoms with van der Waals surface area (Å²) >= 11 is 0. The van der Waals surface area contributed by atoms with Crippen LogP contribution in [0.1, 0.15) is 5.56 Å². The Morgan fingerprint density at radius 3 is 2.09 bits per heavy atom. The van der Waals surface area contributed by atoms with Crippen molar-refractivity contribution in [2.45, 2.75) is 6.54 Å². The topological polar surface area (TPSA) is 19.7 Å². The van der Waals surface area contributed by atoms with Crippen molar-refractivity contribution in [1.29, 1.82) is 0 Å². The lowest BCUT2D eigenvalue weighted by molar-refractivity contribution is -0.651. The summed E-state index contributed by atoms with van der Waals surface area (Å²) < 4.78 is 2.35. The third-order valence-corrected chi connectivity index (χ3v) is 3.95. The third-order valence-electron chi connectivity index (χ3n) is 3.95. The van der Waals surface area contributed by atoms with Gasteiger partial charge in [-0.3, -0.25) is 0 Å². The lowest BCUT2D eigenvalue weighted by Gasteiger charge is -2.03. The van der Waals surface area contributed by atoms with Gasteiger partial charge in [-0.15, -0.1) is 0 Å². The predicted octanol–water partition coefficient (Wildman–Crippen LogP) is 4.17. The van der Waals surface area contributed by atoms with Gasteiger partial charge in [0.05, 0.1) is 5.56 Å². The molecule has 106 valence electrons. The molecule has 0 spiro atoms. The second-order valence-electron chi connectivity index (χ2n) is 5.43. The van der Waals surface area contributed by atoms with Crippen molar-refractivity contribution in [1.82, 2.24) is 4.98 Å². The fourth-order valence-corrected chi connectivity index (χ4v) is 2.88. The molecule has 1 heterocycles. The van der Waals surface area contributed by atoms with Crippen molar-refractivity contribution in [3.8, 4) is 11.4 Å². The number of rotatable bonds is 3. The number of nitrogens with zero attached hydrogens (tertiary/aromatic N) is 1. The van der Waals surface area contributed by atoms with Gasteiger partial charge in [-0.25, -0.2) is 9.55 Å². The van der Waals surface area contributed by atoms with E-state index < -0.39 is 0 Å². The summed E-state index contributed by atoms with van der Waals surface area (Å²) in [6.45, 7) is 0.856. The first-order valence-electron chi connectivity index (χ1n) is 7.52. The average molecular weight is 285 g/mol. The van der Waals surface area contributed by atoms with E-state index in [1.54, 1.807) is 0 Å². The fraction of sp³-hybridized carbons (Fsp3) is 0.0500. The quantitative estimate of drug-likeness (QED) is 0.545. The van der Waals surface area contributed by atoms with E-state index in [0.717, 1.165) is 17.9 Å². The molecule has 0 saturated heterocycles. The van der Waals surface area contributed by atoms with Gasteiger partial charge >= 0.3 is 0 Å². The Hall–Kier alpha value is -2.87. The molecule has 0 fully saturated rings. The molecule has 0 radical (unpaired) electrons. The Morgan fingerprint density at radius 2 is 1.32 bits per heavy atom. The molecular formula is C20H17N2+. The highest BCUT2D eigenvalue weighted by Gasteiger charge is 2.19. The molecule has 0 aliphatic rings. The van der Waals surface area contributed by atoms with Gasteiger partial charge in [0.25, 0.3) is 5.82 Å². The summed E-state index contributed by atoms with van der Waals surface area (Å²) in [5.74, 6) is 1.14. The molecule has 0 bridgehead atoms. The molecule has 0 aliphatic carbocycles. The number of hydrogen-bond acceptors (Lipinski definition) is 0. The summed E-state index contributed by atoms with van der Waals surface area (Å²) in [5.41, 5.74) is 4.89. The van der Waals surface area contributed by atoms with Crippen LogP contribution in [0.25, 0.3) is 22.4 Å². The SMILES string of the molecule is c1ccc(C[n+]2c(-c3ccccc3)[nH]c3ccccc32)cc1. The maximum Gasteiger partial charge on any atom is 0.287 e. The van der Waals surface area contributed by atoms with Gasteiger partial charge < -0.3 is 0 Å². The number of hydrogen-bond donors (Lipinski definition) is 1. The smallest absolute Gasteiger partial charge is 0.236 e. The molecule has 0 aliphatic heterocycles. The van der Waals surface area contributed by atoms with E-state index in [9.17, 15) is 0 Å². The van der Waals surface area contributed by atoms with Crippen LogP contribution in [-0.2, 0) is 6.54 Å². The van der Waals surface area contributed by atoms with Crippen LogP contribution in [0.15, 0.2) is 84.9 Å². The first-order valence-corrected chi connectivity index (χ1v) is 7.52. The number of aromatic nitrogens is 2. The standard InChI is InChI=1S/C20H16N2/c1-3-9-16(10-4-1)15-22-19-14-8-7-13-18(19)21-20(22)17-11-5-2-6-12-17/h1-14H,15H2/p+1. The largest absolute Gasteiger partial charge is 0.287 e. The van der Waals surface area contributed by atoms with Gasteiger partial charge in [0.1, 0.15) is 6.54 Å². The number of fused-ring (bicyclic) bond motifs is 1. The van der Waals surface area contributed by atoms with Gasteiger partial charge in [0.15, 0.2) is 11.0 Å². The monoisotopic (exact) mass is 285 g/mol. The van der Waals surface area contributed by atoms with Crippen LogP contribution in [0, 0.1) is 0 Å². The van der Waals surface area contributed by atoms with E-state index in [-0.39, 0.29) is 0 Å². The molecule has 0 atom stereocenters. The normalized spacial score (nSPS) is 10.9. The van der Waals surface area contributed by atoms with Crippen LogP contribution in [0.3, 0.4) is 0 Å². The second-order valence-corrected chi connectivity index (χ2v) is 5.43. The van der Waals surface area contributed by atoms with Crippen molar-refractivity contribution in [2.24, 2.45) is 0 Å². The molecule has 2 nitrogen and oxygen atoms in total. The maximum atomic E-state index is 3.56. The van der Waals surface area contributed by atoms with Gasteiger partial charge in [-0.1, -0.05) is 60.7 Å². The Morgan fingerprint density at radius 1 is 0.682 bits per heavy atom. The van der Waals surface area contributed by atoms with Crippen LogP contribution >= 0.6 is 0 Å². The van der Waals surface area contributed by atoms with Gasteiger partial charge in [-0.05, 0) is 29.8 Å². The Bertz CT molecular complexity index is 893. The molecule has 1 N–H and O–H groups in total. The number of benzene rings is 3. The summed E-state index contributed by atoms with van der Waals surface area (Å²) in [4.78, 5) is 3.56. The molecule has 4 rings (SSSR count). The maximum absolute atomic E-state index is 3.56. The Kier molecular flexibility index (Phi) is 3.20. The first kappa shape index (κ1) is 12.8. The van der Waals surface area contributed by atoms with Gasteiger partial charge in [-0.2, -0.15) is 0 Å². The summed E-state index contributed by atoms with van der Waals surface area (Å²) in [6.07, 6.45) is 0. The van der Waals surface area contributed by atoms with Crippen LogP contribution in [0.4, 0.5) is 0 Å². The zero-order chi connectivity index (χ0) is 14.8. The van der Waals surface area contributed by atoms with Gasteiger partial charge in [0, 0.05) is 0 Å². The first-order chi connectivity index (χ1) is 10.9. The summed E-state index contributed by atoms with van der Waals surface area (Å²) in [5, 5.41) is 0. The lowest BCUT2D eigenvalue weighted by Crippen LogP contribution is -2.35. The Labute approximate surface area is 129 Å². The highest BCUT2D eigenvalue weighted by atomic mass is 15.1. The molecule has 4 aromatic rings. The van der Waals surface area contributed by atoms with Crippen LogP contribution in [0.2, 0.25) is 0 Å². The minimum atomic E-state index is 0.856. The molecular weight excluding hydrogens is 268 g/mol. The van der Waals surface area contributed by atoms with Crippen molar-refractivity contribution in [3.05, 3.63) is 90.5 Å². The van der Waals surface area contributed by atoms with Crippen LogP contribution in [-0.4, -0.2) is 4.98 Å². The van der Waals surface area contributed by atoms with E-state index in [1.807, 2.05) is 6.07 Å². The summed E-state index contributed by atoms with van der Waals surface area (Å²) in [6, 6.07) is 29.5.